The van der Waals surface area contributed by atoms with Crippen LogP contribution in [0.3, 0.4) is 0 Å². The van der Waals surface area contributed by atoms with E-state index in [1.54, 1.807) is 14.0 Å². The van der Waals surface area contributed by atoms with Crippen LogP contribution in [0.1, 0.15) is 26.2 Å². The van der Waals surface area contributed by atoms with Gasteiger partial charge in [0.15, 0.2) is 6.29 Å². The largest absolute Gasteiger partial charge is 0.458 e. The van der Waals surface area contributed by atoms with E-state index in [9.17, 15) is 9.59 Å². The maximum absolute atomic E-state index is 12.3. The van der Waals surface area contributed by atoms with Crippen LogP contribution in [0.15, 0.2) is 36.0 Å². The Labute approximate surface area is 157 Å². The molecule has 0 N–H and O–H groups in total. The van der Waals surface area contributed by atoms with E-state index in [1.165, 1.54) is 0 Å². The number of rotatable bonds is 3. The van der Waals surface area contributed by atoms with E-state index in [4.69, 9.17) is 23.7 Å². The van der Waals surface area contributed by atoms with E-state index in [2.05, 4.69) is 13.2 Å². The van der Waals surface area contributed by atoms with Crippen molar-refractivity contribution in [1.82, 2.24) is 0 Å². The van der Waals surface area contributed by atoms with Gasteiger partial charge in [-0.1, -0.05) is 13.2 Å². The molecule has 0 aromatic heterocycles. The van der Waals surface area contributed by atoms with Crippen molar-refractivity contribution < 1.29 is 33.3 Å². The molecule has 0 aromatic carbocycles. The molecule has 4 heterocycles. The summed E-state index contributed by atoms with van der Waals surface area (Å²) in [5, 5.41) is 0. The van der Waals surface area contributed by atoms with Gasteiger partial charge in [0.1, 0.15) is 17.8 Å². The summed E-state index contributed by atoms with van der Waals surface area (Å²) in [5.41, 5.74) is 0.877. The van der Waals surface area contributed by atoms with E-state index in [0.717, 1.165) is 18.4 Å². The summed E-state index contributed by atoms with van der Waals surface area (Å²) in [6, 6.07) is 0. The summed E-state index contributed by atoms with van der Waals surface area (Å²) in [7, 11) is 1.57. The highest BCUT2D eigenvalue weighted by Gasteiger charge is 2.65. The Bertz CT molecular complexity index is 739. The Morgan fingerprint density at radius 1 is 1.41 bits per heavy atom. The minimum absolute atomic E-state index is 0.0555. The quantitative estimate of drug-likeness (QED) is 0.321. The van der Waals surface area contributed by atoms with Crippen LogP contribution in [0, 0.1) is 5.92 Å². The van der Waals surface area contributed by atoms with Crippen molar-refractivity contribution >= 4 is 11.9 Å². The summed E-state index contributed by atoms with van der Waals surface area (Å²) in [6.07, 6.45) is 1.97. The smallest absolute Gasteiger partial charge is 0.334 e. The number of carbonyl (C=O) groups is 2. The number of ether oxygens (including phenoxy) is 5. The number of esters is 2. The molecule has 0 unspecified atom stereocenters. The lowest BCUT2D eigenvalue weighted by molar-refractivity contribution is -0.175. The van der Waals surface area contributed by atoms with Crippen LogP contribution in [0.25, 0.3) is 0 Å². The third-order valence-electron chi connectivity index (χ3n) is 5.80. The molecule has 4 aliphatic heterocycles. The molecule has 7 nitrogen and oxygen atoms in total. The minimum atomic E-state index is -0.714. The summed E-state index contributed by atoms with van der Waals surface area (Å²) in [5.74, 6) is -1.47. The number of hydrogen-bond donors (Lipinski definition) is 0. The Kier molecular flexibility index (Phi) is 4.49. The number of methoxy groups -OCH3 is 1. The molecule has 1 aliphatic carbocycles. The van der Waals surface area contributed by atoms with E-state index in [0.29, 0.717) is 18.6 Å². The molecule has 0 amide bonds. The fraction of sp³-hybridized carbons (Fsp3) is 0.600. The minimum Gasteiger partial charge on any atom is -0.458 e. The molecule has 2 bridgehead atoms. The molecule has 6 atom stereocenters. The van der Waals surface area contributed by atoms with Gasteiger partial charge in [0.2, 0.25) is 0 Å². The van der Waals surface area contributed by atoms with Gasteiger partial charge in [0.05, 0.1) is 18.6 Å². The highest BCUT2D eigenvalue weighted by Crippen LogP contribution is 2.52. The van der Waals surface area contributed by atoms with Crippen molar-refractivity contribution in [3.05, 3.63) is 36.0 Å². The van der Waals surface area contributed by atoms with Crippen molar-refractivity contribution in [3.8, 4) is 0 Å². The van der Waals surface area contributed by atoms with Gasteiger partial charge in [0, 0.05) is 24.7 Å². The first kappa shape index (κ1) is 18.4. The Hall–Kier alpha value is -1.96. The van der Waals surface area contributed by atoms with Crippen LogP contribution in [0.4, 0.5) is 0 Å². The zero-order valence-corrected chi connectivity index (χ0v) is 15.6. The zero-order chi connectivity index (χ0) is 19.3. The van der Waals surface area contributed by atoms with Gasteiger partial charge in [-0.25, -0.2) is 9.59 Å². The standard InChI is InChI=1S/C20H24O7/c1-10(2)17(21)26-14-8-20-15(27-20)6-5-12(9-24-19(20)23-4)7-13-16(14)11(3)18(22)25-13/h7,13-16,19H,1,3,5-6,8-9H2,2,4H3/b12-7-/t13-,14+,15-,16+,19-,20+/m1/s1. The number of fused-ring (bicyclic) bond motifs is 4. The number of carbonyl (C=O) groups excluding carboxylic acids is 2. The first-order valence-electron chi connectivity index (χ1n) is 9.14. The number of epoxide rings is 1. The van der Waals surface area contributed by atoms with Crippen molar-refractivity contribution in [2.24, 2.45) is 5.92 Å². The van der Waals surface area contributed by atoms with Crippen LogP contribution in [0.5, 0.6) is 0 Å². The predicted octanol–water partition coefficient (Wildman–Crippen LogP) is 1.82. The third-order valence-corrected chi connectivity index (χ3v) is 5.80. The summed E-state index contributed by atoms with van der Waals surface area (Å²) >= 11 is 0. The average molecular weight is 376 g/mol. The molecule has 1 spiro atoms. The first-order valence-corrected chi connectivity index (χ1v) is 9.14. The van der Waals surface area contributed by atoms with Crippen LogP contribution >= 0.6 is 0 Å². The normalized spacial score (nSPS) is 42.1. The molecule has 0 saturated carbocycles. The molecule has 3 saturated heterocycles. The van der Waals surface area contributed by atoms with Gasteiger partial charge >= 0.3 is 11.9 Å². The van der Waals surface area contributed by atoms with Gasteiger partial charge in [-0.15, -0.1) is 0 Å². The van der Waals surface area contributed by atoms with Crippen molar-refractivity contribution in [2.45, 2.75) is 56.4 Å². The zero-order valence-electron chi connectivity index (χ0n) is 15.6. The van der Waals surface area contributed by atoms with Crippen LogP contribution in [-0.4, -0.2) is 55.9 Å². The van der Waals surface area contributed by atoms with E-state index in [1.807, 2.05) is 6.08 Å². The van der Waals surface area contributed by atoms with Gasteiger partial charge in [-0.3, -0.25) is 0 Å². The molecule has 0 aromatic rings. The molecule has 0 radical (unpaired) electrons. The van der Waals surface area contributed by atoms with Crippen molar-refractivity contribution in [1.29, 1.82) is 0 Å². The highest BCUT2D eigenvalue weighted by molar-refractivity contribution is 5.91. The summed E-state index contributed by atoms with van der Waals surface area (Å²) < 4.78 is 28.8. The van der Waals surface area contributed by atoms with E-state index in [-0.39, 0.29) is 11.7 Å². The molecular formula is C20H24O7. The Balaban J connectivity index is 1.77. The molecule has 5 aliphatic rings. The molecule has 5 rings (SSSR count). The fourth-order valence-corrected chi connectivity index (χ4v) is 4.34. The van der Waals surface area contributed by atoms with Crippen LogP contribution < -0.4 is 0 Å². The van der Waals surface area contributed by atoms with E-state index < -0.39 is 42.0 Å². The molecule has 27 heavy (non-hydrogen) atoms. The van der Waals surface area contributed by atoms with E-state index >= 15 is 0 Å². The fourth-order valence-electron chi connectivity index (χ4n) is 4.34. The van der Waals surface area contributed by atoms with Crippen LogP contribution in [-0.2, 0) is 33.3 Å². The highest BCUT2D eigenvalue weighted by atomic mass is 16.7. The lowest BCUT2D eigenvalue weighted by atomic mass is 9.81. The second-order valence-electron chi connectivity index (χ2n) is 7.65. The predicted molar refractivity (Wildman–Crippen MR) is 93.5 cm³/mol. The molecule has 146 valence electrons. The second-order valence-corrected chi connectivity index (χ2v) is 7.65. The molecule has 7 heteroatoms. The third kappa shape index (κ3) is 3.03. The van der Waals surface area contributed by atoms with Crippen molar-refractivity contribution in [2.75, 3.05) is 13.7 Å². The van der Waals surface area contributed by atoms with Gasteiger partial charge in [-0.2, -0.15) is 0 Å². The topological polar surface area (TPSA) is 83.6 Å². The first-order chi connectivity index (χ1) is 12.9. The molecule has 3 fully saturated rings. The maximum atomic E-state index is 12.3. The monoisotopic (exact) mass is 376 g/mol. The van der Waals surface area contributed by atoms with Gasteiger partial charge in [0.25, 0.3) is 0 Å². The van der Waals surface area contributed by atoms with Gasteiger partial charge < -0.3 is 23.7 Å². The Morgan fingerprint density at radius 2 is 2.19 bits per heavy atom. The summed E-state index contributed by atoms with van der Waals surface area (Å²) in [6.45, 7) is 9.50. The molecular weight excluding hydrogens is 352 g/mol. The van der Waals surface area contributed by atoms with Crippen LogP contribution in [0.2, 0.25) is 0 Å². The average Bonchev–Trinajstić information content (AvgIpc) is 3.21. The lowest BCUT2D eigenvalue weighted by Gasteiger charge is -2.34. The van der Waals surface area contributed by atoms with Crippen molar-refractivity contribution in [3.63, 3.8) is 0 Å². The van der Waals surface area contributed by atoms with Gasteiger partial charge in [-0.05, 0) is 31.4 Å². The second kappa shape index (κ2) is 6.58. The number of hydrogen-bond acceptors (Lipinski definition) is 7. The summed E-state index contributed by atoms with van der Waals surface area (Å²) in [4.78, 5) is 24.5. The lowest BCUT2D eigenvalue weighted by Crippen LogP contribution is -2.45. The maximum Gasteiger partial charge on any atom is 0.334 e. The SMILES string of the molecule is C=C(C)C(=O)O[C@H]1C[C@]23O[C@@H]2CC/C(=C/[C@H]2OC(=O)C(=C)[C@H]12)CO[C@H]3OC. The Morgan fingerprint density at radius 3 is 2.89 bits per heavy atom.